The number of pyridine rings is 1. The van der Waals surface area contributed by atoms with E-state index >= 15 is 0 Å². The molecule has 0 aliphatic carbocycles. The summed E-state index contributed by atoms with van der Waals surface area (Å²) in [5, 5.41) is 1.40. The third-order valence-electron chi connectivity index (χ3n) is 5.00. The zero-order chi connectivity index (χ0) is 16.7. The highest BCUT2D eigenvalue weighted by atomic mass is 79.9. The quantitative estimate of drug-likeness (QED) is 0.670. The average molecular weight is 384 g/mol. The second-order valence-corrected chi connectivity index (χ2v) is 7.70. The molecule has 0 N–H and O–H groups in total. The van der Waals surface area contributed by atoms with Crippen LogP contribution in [0.1, 0.15) is 22.5 Å². The van der Waals surface area contributed by atoms with E-state index in [1.807, 2.05) is 13.1 Å². The monoisotopic (exact) mass is 383 g/mol. The number of nitrogens with zero attached hydrogens (tertiary/aromatic N) is 3. The van der Waals surface area contributed by atoms with Gasteiger partial charge in [0.1, 0.15) is 0 Å². The van der Waals surface area contributed by atoms with Crippen LogP contribution in [0.4, 0.5) is 0 Å². The van der Waals surface area contributed by atoms with Gasteiger partial charge in [0, 0.05) is 59.0 Å². The molecule has 0 saturated heterocycles. The van der Waals surface area contributed by atoms with E-state index in [1.165, 1.54) is 27.7 Å². The summed E-state index contributed by atoms with van der Waals surface area (Å²) in [6, 6.07) is 11.0. The van der Waals surface area contributed by atoms with E-state index in [-0.39, 0.29) is 0 Å². The van der Waals surface area contributed by atoms with Crippen molar-refractivity contribution in [2.24, 2.45) is 0 Å². The minimum Gasteiger partial charge on any atom is -0.344 e. The van der Waals surface area contributed by atoms with Gasteiger partial charge in [-0.25, -0.2) is 0 Å². The van der Waals surface area contributed by atoms with Crippen LogP contribution in [0.3, 0.4) is 0 Å². The van der Waals surface area contributed by atoms with Gasteiger partial charge in [0.2, 0.25) is 0 Å². The molecule has 0 bridgehead atoms. The summed E-state index contributed by atoms with van der Waals surface area (Å²) in [7, 11) is 2.21. The topological polar surface area (TPSA) is 21.1 Å². The summed E-state index contributed by atoms with van der Waals surface area (Å²) >= 11 is 3.64. The number of hydrogen-bond donors (Lipinski definition) is 0. The molecule has 124 valence electrons. The Hall–Kier alpha value is -1.65. The highest BCUT2D eigenvalue weighted by Crippen LogP contribution is 2.32. The first-order valence-electron chi connectivity index (χ1n) is 8.51. The predicted octanol–water partition coefficient (Wildman–Crippen LogP) is 4.34. The van der Waals surface area contributed by atoms with Gasteiger partial charge in [-0.05, 0) is 55.8 Å². The molecule has 3 aromatic rings. The molecule has 0 atom stereocenters. The lowest BCUT2D eigenvalue weighted by atomic mass is 10.1. The Morgan fingerprint density at radius 1 is 1.21 bits per heavy atom. The summed E-state index contributed by atoms with van der Waals surface area (Å²) < 4.78 is 3.69. The van der Waals surface area contributed by atoms with Gasteiger partial charge in [0.05, 0.1) is 0 Å². The number of fused-ring (bicyclic) bond motifs is 3. The lowest BCUT2D eigenvalue weighted by Crippen LogP contribution is -2.27. The largest absolute Gasteiger partial charge is 0.344 e. The van der Waals surface area contributed by atoms with Gasteiger partial charge in [-0.1, -0.05) is 22.0 Å². The van der Waals surface area contributed by atoms with Crippen LogP contribution in [0.5, 0.6) is 0 Å². The summed E-state index contributed by atoms with van der Waals surface area (Å²) in [5.74, 6) is 0. The molecule has 3 nitrogen and oxygen atoms in total. The van der Waals surface area contributed by atoms with Gasteiger partial charge in [0.15, 0.2) is 0 Å². The third kappa shape index (κ3) is 2.89. The van der Waals surface area contributed by atoms with Crippen LogP contribution >= 0.6 is 15.9 Å². The summed E-state index contributed by atoms with van der Waals surface area (Å²) in [6.07, 6.45) is 4.16. The third-order valence-corrected chi connectivity index (χ3v) is 5.50. The Labute approximate surface area is 151 Å². The zero-order valence-electron chi connectivity index (χ0n) is 14.2. The lowest BCUT2D eigenvalue weighted by molar-refractivity contribution is 0.309. The van der Waals surface area contributed by atoms with Gasteiger partial charge in [-0.15, -0.1) is 0 Å². The SMILES string of the molecule is Cc1ccc(CCn2c3c(c4cc(Br)ccc42)CN(C)CC3)cn1. The minimum atomic E-state index is 1.02. The average Bonchev–Trinajstić information content (AvgIpc) is 2.87. The zero-order valence-corrected chi connectivity index (χ0v) is 15.8. The van der Waals surface area contributed by atoms with Crippen molar-refractivity contribution in [3.8, 4) is 0 Å². The van der Waals surface area contributed by atoms with Crippen LogP contribution in [0.2, 0.25) is 0 Å². The first-order valence-corrected chi connectivity index (χ1v) is 9.30. The van der Waals surface area contributed by atoms with Crippen LogP contribution in [0.15, 0.2) is 41.0 Å². The van der Waals surface area contributed by atoms with Crippen molar-refractivity contribution in [3.63, 3.8) is 0 Å². The fourth-order valence-corrected chi connectivity index (χ4v) is 4.06. The molecular formula is C20H22BrN3. The first kappa shape index (κ1) is 15.9. The van der Waals surface area contributed by atoms with Gasteiger partial charge in [-0.3, -0.25) is 4.98 Å². The van der Waals surface area contributed by atoms with Crippen molar-refractivity contribution in [2.75, 3.05) is 13.6 Å². The smallest absolute Gasteiger partial charge is 0.0486 e. The van der Waals surface area contributed by atoms with Gasteiger partial charge >= 0.3 is 0 Å². The normalized spacial score (nSPS) is 15.0. The molecule has 0 saturated carbocycles. The minimum absolute atomic E-state index is 1.02. The van der Waals surface area contributed by atoms with Crippen molar-refractivity contribution in [1.82, 2.24) is 14.5 Å². The fourth-order valence-electron chi connectivity index (χ4n) is 3.70. The van der Waals surface area contributed by atoms with Crippen LogP contribution in [-0.2, 0) is 25.9 Å². The number of benzene rings is 1. The van der Waals surface area contributed by atoms with Gasteiger partial charge < -0.3 is 9.47 Å². The lowest BCUT2D eigenvalue weighted by Gasteiger charge is -2.24. The van der Waals surface area contributed by atoms with Crippen LogP contribution in [-0.4, -0.2) is 28.0 Å². The van der Waals surface area contributed by atoms with Crippen molar-refractivity contribution >= 4 is 26.8 Å². The second kappa shape index (κ2) is 6.34. The Morgan fingerprint density at radius 3 is 2.88 bits per heavy atom. The molecule has 0 radical (unpaired) electrons. The molecular weight excluding hydrogens is 362 g/mol. The van der Waals surface area contributed by atoms with Crippen LogP contribution in [0.25, 0.3) is 10.9 Å². The van der Waals surface area contributed by atoms with Crippen molar-refractivity contribution in [3.05, 3.63) is 63.5 Å². The van der Waals surface area contributed by atoms with E-state index in [4.69, 9.17) is 0 Å². The van der Waals surface area contributed by atoms with E-state index in [2.05, 4.69) is 67.8 Å². The maximum absolute atomic E-state index is 4.43. The number of likely N-dealkylation sites (N-methyl/N-ethyl adjacent to an activating group) is 1. The maximum Gasteiger partial charge on any atom is 0.0486 e. The molecule has 1 aromatic carbocycles. The van der Waals surface area contributed by atoms with E-state index < -0.39 is 0 Å². The molecule has 4 rings (SSSR count). The molecule has 24 heavy (non-hydrogen) atoms. The summed E-state index contributed by atoms with van der Waals surface area (Å²) in [4.78, 5) is 6.84. The Bertz CT molecular complexity index is 880. The number of aryl methyl sites for hydroxylation is 3. The van der Waals surface area contributed by atoms with Crippen molar-refractivity contribution < 1.29 is 0 Å². The van der Waals surface area contributed by atoms with Crippen molar-refractivity contribution in [2.45, 2.75) is 32.9 Å². The van der Waals surface area contributed by atoms with E-state index in [0.29, 0.717) is 0 Å². The molecule has 0 unspecified atom stereocenters. The number of aromatic nitrogens is 2. The van der Waals surface area contributed by atoms with Gasteiger partial charge in [-0.2, -0.15) is 0 Å². The highest BCUT2D eigenvalue weighted by Gasteiger charge is 2.22. The second-order valence-electron chi connectivity index (χ2n) is 6.78. The van der Waals surface area contributed by atoms with Crippen LogP contribution in [0, 0.1) is 6.92 Å². The first-order chi connectivity index (χ1) is 11.6. The molecule has 0 spiro atoms. The maximum atomic E-state index is 4.43. The molecule has 3 heterocycles. The molecule has 2 aromatic heterocycles. The van der Waals surface area contributed by atoms with E-state index in [9.17, 15) is 0 Å². The number of rotatable bonds is 3. The van der Waals surface area contributed by atoms with Crippen LogP contribution < -0.4 is 0 Å². The summed E-state index contributed by atoms with van der Waals surface area (Å²) in [6.45, 7) is 5.23. The number of halogens is 1. The molecule has 4 heteroatoms. The van der Waals surface area contributed by atoms with Gasteiger partial charge in [0.25, 0.3) is 0 Å². The highest BCUT2D eigenvalue weighted by molar-refractivity contribution is 9.10. The standard InChI is InChI=1S/C20H22BrN3/c1-14-3-4-15(12-22-14)7-10-24-19-6-5-16(21)11-17(19)18-13-23(2)9-8-20(18)24/h3-6,11-12H,7-10,13H2,1-2H3. The molecule has 1 aliphatic heterocycles. The Balaban J connectivity index is 1.73. The predicted molar refractivity (Wildman–Crippen MR) is 102 cm³/mol. The Kier molecular flexibility index (Phi) is 4.19. The molecule has 0 fully saturated rings. The molecule has 1 aliphatic rings. The van der Waals surface area contributed by atoms with Crippen molar-refractivity contribution in [1.29, 1.82) is 0 Å². The summed E-state index contributed by atoms with van der Waals surface area (Å²) in [5.41, 5.74) is 6.76. The Morgan fingerprint density at radius 2 is 2.08 bits per heavy atom. The molecule has 0 amide bonds. The van der Waals surface area contributed by atoms with E-state index in [1.54, 1.807) is 0 Å². The number of hydrogen-bond acceptors (Lipinski definition) is 2. The fraction of sp³-hybridized carbons (Fsp3) is 0.350. The van der Waals surface area contributed by atoms with E-state index in [0.717, 1.165) is 42.6 Å².